The van der Waals surface area contributed by atoms with Crippen molar-refractivity contribution in [1.29, 1.82) is 0 Å². The number of benzene rings is 2. The number of thioether (sulfide) groups is 1. The molecule has 8 heteroatoms. The van der Waals surface area contributed by atoms with E-state index in [9.17, 15) is 18.0 Å². The number of hydrogen-bond acceptors (Lipinski definition) is 5. The van der Waals surface area contributed by atoms with Crippen LogP contribution >= 0.6 is 11.8 Å². The Hall–Kier alpha value is -2.16. The van der Waals surface area contributed by atoms with Gasteiger partial charge in [-0.25, -0.2) is 13.1 Å². The Balaban J connectivity index is 1.52. The molecule has 1 heterocycles. The molecule has 1 aliphatic rings. The van der Waals surface area contributed by atoms with Crippen LogP contribution < -0.4 is 9.62 Å². The molecule has 2 aromatic rings. The highest BCUT2D eigenvalue weighted by atomic mass is 32.2. The number of aryl methyl sites for hydroxylation is 1. The maximum Gasteiger partial charge on any atom is 0.240 e. The third kappa shape index (κ3) is 4.81. The minimum absolute atomic E-state index is 0.110. The Morgan fingerprint density at radius 1 is 1.00 bits per heavy atom. The molecule has 0 saturated carbocycles. The average Bonchev–Trinajstić information content (AvgIpc) is 3.01. The van der Waals surface area contributed by atoms with Gasteiger partial charge < -0.3 is 0 Å². The number of carbonyl (C=O) groups excluding carboxylic acids is 2. The average molecular weight is 419 g/mol. The molecule has 1 aliphatic heterocycles. The molecule has 2 amide bonds. The minimum atomic E-state index is -3.63. The summed E-state index contributed by atoms with van der Waals surface area (Å²) in [7, 11) is -3.63. The fourth-order valence-corrected chi connectivity index (χ4v) is 5.02. The number of nitrogens with zero attached hydrogens (tertiary/aromatic N) is 1. The number of imide groups is 1. The lowest BCUT2D eigenvalue weighted by atomic mass is 10.1. The maximum atomic E-state index is 12.4. The first-order chi connectivity index (χ1) is 13.4. The van der Waals surface area contributed by atoms with Gasteiger partial charge in [0, 0.05) is 30.9 Å². The van der Waals surface area contributed by atoms with Crippen LogP contribution in [0.1, 0.15) is 24.0 Å². The summed E-state index contributed by atoms with van der Waals surface area (Å²) >= 11 is 1.67. The van der Waals surface area contributed by atoms with Gasteiger partial charge in [0.1, 0.15) is 0 Å². The second-order valence-corrected chi connectivity index (χ2v) is 9.37. The van der Waals surface area contributed by atoms with Gasteiger partial charge in [-0.1, -0.05) is 24.3 Å². The molecule has 0 aromatic heterocycles. The predicted molar refractivity (Wildman–Crippen MR) is 111 cm³/mol. The minimum Gasteiger partial charge on any atom is -0.274 e. The van der Waals surface area contributed by atoms with Crippen molar-refractivity contribution in [2.24, 2.45) is 0 Å². The molecule has 28 heavy (non-hydrogen) atoms. The van der Waals surface area contributed by atoms with Crippen molar-refractivity contribution in [3.63, 3.8) is 0 Å². The lowest BCUT2D eigenvalue weighted by molar-refractivity contribution is -0.121. The van der Waals surface area contributed by atoms with Crippen LogP contribution in [0.2, 0.25) is 0 Å². The number of anilines is 1. The van der Waals surface area contributed by atoms with E-state index >= 15 is 0 Å². The number of amides is 2. The molecule has 148 valence electrons. The van der Waals surface area contributed by atoms with Crippen LogP contribution in [0, 0.1) is 6.92 Å². The third-order valence-corrected chi connectivity index (χ3v) is 7.00. The normalized spacial score (nSPS) is 14.7. The Morgan fingerprint density at radius 3 is 2.29 bits per heavy atom. The predicted octanol–water partition coefficient (Wildman–Crippen LogP) is 2.86. The highest BCUT2D eigenvalue weighted by Crippen LogP contribution is 2.24. The van der Waals surface area contributed by atoms with Gasteiger partial charge in [0.2, 0.25) is 21.8 Å². The van der Waals surface area contributed by atoms with E-state index in [1.165, 1.54) is 35.4 Å². The van der Waals surface area contributed by atoms with Crippen LogP contribution in [0.4, 0.5) is 5.69 Å². The van der Waals surface area contributed by atoms with Gasteiger partial charge in [-0.15, -0.1) is 0 Å². The molecule has 3 rings (SSSR count). The number of nitrogens with one attached hydrogen (secondary N) is 1. The first-order valence-corrected chi connectivity index (χ1v) is 11.6. The molecular formula is C20H22N2O4S2. The highest BCUT2D eigenvalue weighted by Gasteiger charge is 2.30. The van der Waals surface area contributed by atoms with Crippen molar-refractivity contribution in [3.05, 3.63) is 59.7 Å². The number of carbonyl (C=O) groups is 2. The van der Waals surface area contributed by atoms with Gasteiger partial charge in [0.15, 0.2) is 0 Å². The molecule has 0 spiro atoms. The molecule has 2 aromatic carbocycles. The second-order valence-electron chi connectivity index (χ2n) is 6.49. The molecule has 0 unspecified atom stereocenters. The Labute approximate surface area is 169 Å². The summed E-state index contributed by atoms with van der Waals surface area (Å²) in [6, 6.07) is 13.9. The quantitative estimate of drug-likeness (QED) is 0.526. The maximum absolute atomic E-state index is 12.4. The van der Waals surface area contributed by atoms with E-state index in [0.29, 0.717) is 18.0 Å². The number of hydrogen-bond donors (Lipinski definition) is 1. The van der Waals surface area contributed by atoms with E-state index in [4.69, 9.17) is 0 Å². The van der Waals surface area contributed by atoms with Gasteiger partial charge in [-0.2, -0.15) is 11.8 Å². The van der Waals surface area contributed by atoms with Crippen LogP contribution in [0.25, 0.3) is 0 Å². The summed E-state index contributed by atoms with van der Waals surface area (Å²) in [5, 5.41) is 0. The highest BCUT2D eigenvalue weighted by molar-refractivity contribution is 7.98. The van der Waals surface area contributed by atoms with Crippen LogP contribution in [-0.4, -0.2) is 32.5 Å². The largest absolute Gasteiger partial charge is 0.274 e. The Kier molecular flexibility index (Phi) is 6.53. The topological polar surface area (TPSA) is 83.6 Å². The van der Waals surface area contributed by atoms with Crippen molar-refractivity contribution < 1.29 is 18.0 Å². The second kappa shape index (κ2) is 8.89. The molecule has 1 N–H and O–H groups in total. The summed E-state index contributed by atoms with van der Waals surface area (Å²) in [5.74, 6) is 0.970. The molecule has 1 saturated heterocycles. The summed E-state index contributed by atoms with van der Waals surface area (Å²) < 4.78 is 27.4. The fourth-order valence-electron chi connectivity index (χ4n) is 2.92. The lowest BCUT2D eigenvalue weighted by Gasteiger charge is -2.14. The summed E-state index contributed by atoms with van der Waals surface area (Å²) in [4.78, 5) is 24.7. The first-order valence-electron chi connectivity index (χ1n) is 8.96. The van der Waals surface area contributed by atoms with Gasteiger partial charge >= 0.3 is 0 Å². The van der Waals surface area contributed by atoms with Gasteiger partial charge in [-0.3, -0.25) is 14.5 Å². The van der Waals surface area contributed by atoms with Crippen LogP contribution in [0.5, 0.6) is 0 Å². The van der Waals surface area contributed by atoms with Gasteiger partial charge in [0.05, 0.1) is 10.6 Å². The Morgan fingerprint density at radius 2 is 1.64 bits per heavy atom. The number of sulfonamides is 1. The first kappa shape index (κ1) is 20.6. The van der Waals surface area contributed by atoms with Crippen molar-refractivity contribution in [3.8, 4) is 0 Å². The summed E-state index contributed by atoms with van der Waals surface area (Å²) in [5.41, 5.74) is 2.88. The van der Waals surface area contributed by atoms with Crippen molar-refractivity contribution in [2.45, 2.75) is 30.4 Å². The summed E-state index contributed by atoms with van der Waals surface area (Å²) in [6.45, 7) is 2.38. The van der Waals surface area contributed by atoms with E-state index in [2.05, 4.69) is 23.8 Å². The van der Waals surface area contributed by atoms with Gasteiger partial charge in [0.25, 0.3) is 0 Å². The smallest absolute Gasteiger partial charge is 0.240 e. The lowest BCUT2D eigenvalue weighted by Crippen LogP contribution is -2.29. The SMILES string of the molecule is Cc1ccccc1CSCCNS(=O)(=O)c1ccc(N2C(=O)CCC2=O)cc1. The molecule has 1 fully saturated rings. The van der Waals surface area contributed by atoms with E-state index in [0.717, 1.165) is 10.7 Å². The van der Waals surface area contributed by atoms with E-state index in [1.807, 2.05) is 12.1 Å². The van der Waals surface area contributed by atoms with E-state index in [-0.39, 0.29) is 29.6 Å². The monoisotopic (exact) mass is 418 g/mol. The zero-order valence-corrected chi connectivity index (χ0v) is 17.2. The summed E-state index contributed by atoms with van der Waals surface area (Å²) in [6.07, 6.45) is 0.390. The molecular weight excluding hydrogens is 396 g/mol. The zero-order valence-electron chi connectivity index (χ0n) is 15.6. The van der Waals surface area contributed by atoms with E-state index in [1.54, 1.807) is 11.8 Å². The Bertz CT molecular complexity index is 956. The van der Waals surface area contributed by atoms with Crippen molar-refractivity contribution in [2.75, 3.05) is 17.2 Å². The van der Waals surface area contributed by atoms with Crippen LogP contribution in [-0.2, 0) is 25.4 Å². The number of rotatable bonds is 8. The molecule has 6 nitrogen and oxygen atoms in total. The molecule has 0 radical (unpaired) electrons. The van der Waals surface area contributed by atoms with Crippen LogP contribution in [0.15, 0.2) is 53.4 Å². The molecule has 0 bridgehead atoms. The van der Waals surface area contributed by atoms with E-state index < -0.39 is 10.0 Å². The van der Waals surface area contributed by atoms with Gasteiger partial charge in [-0.05, 0) is 42.3 Å². The molecule has 0 aliphatic carbocycles. The zero-order chi connectivity index (χ0) is 20.1. The van der Waals surface area contributed by atoms with Crippen molar-refractivity contribution >= 4 is 39.3 Å². The third-order valence-electron chi connectivity index (χ3n) is 4.51. The molecule has 0 atom stereocenters. The standard InChI is InChI=1S/C20H22N2O4S2/c1-15-4-2-3-5-16(15)14-27-13-12-21-28(25,26)18-8-6-17(7-9-18)22-19(23)10-11-20(22)24/h2-9,21H,10-14H2,1H3. The van der Waals surface area contributed by atoms with Crippen molar-refractivity contribution in [1.82, 2.24) is 4.72 Å². The fraction of sp³-hybridized carbons (Fsp3) is 0.300. The van der Waals surface area contributed by atoms with Crippen LogP contribution in [0.3, 0.4) is 0 Å².